The van der Waals surface area contributed by atoms with Gasteiger partial charge in [-0.25, -0.2) is 0 Å². The van der Waals surface area contributed by atoms with Crippen molar-refractivity contribution in [3.8, 4) is 0 Å². The summed E-state index contributed by atoms with van der Waals surface area (Å²) in [6.45, 7) is 17.6. The Morgan fingerprint density at radius 2 is 1.11 bits per heavy atom. The highest BCUT2D eigenvalue weighted by molar-refractivity contribution is 5.76. The molecule has 0 rings (SSSR count). The third-order valence-electron chi connectivity index (χ3n) is 5.42. The van der Waals surface area contributed by atoms with E-state index in [0.29, 0.717) is 24.7 Å². The zero-order valence-electron chi connectivity index (χ0n) is 19.0. The zero-order valence-corrected chi connectivity index (χ0v) is 19.0. The van der Waals surface area contributed by atoms with Crippen LogP contribution in [0.1, 0.15) is 107 Å². The van der Waals surface area contributed by atoms with Crippen LogP contribution < -0.4 is 0 Å². The van der Waals surface area contributed by atoms with Crippen molar-refractivity contribution in [2.24, 2.45) is 28.1 Å². The second kappa shape index (κ2) is 10.5. The maximum Gasteiger partial charge on any atom is 0.309 e. The maximum atomic E-state index is 12.2. The smallest absolute Gasteiger partial charge is 0.309 e. The number of hydrogen-bond donors (Lipinski definition) is 2. The molecular formula is C23H44O4. The highest BCUT2D eigenvalue weighted by Crippen LogP contribution is 2.40. The molecule has 0 aromatic rings. The van der Waals surface area contributed by atoms with Gasteiger partial charge in [-0.05, 0) is 67.6 Å². The summed E-state index contributed by atoms with van der Waals surface area (Å²) in [7, 11) is 0. The molecule has 27 heavy (non-hydrogen) atoms. The van der Waals surface area contributed by atoms with Crippen LogP contribution in [-0.4, -0.2) is 22.2 Å². The molecule has 160 valence electrons. The van der Waals surface area contributed by atoms with E-state index in [1.807, 2.05) is 0 Å². The Morgan fingerprint density at radius 3 is 1.37 bits per heavy atom. The van der Waals surface area contributed by atoms with Gasteiger partial charge in [0.15, 0.2) is 0 Å². The van der Waals surface area contributed by atoms with E-state index in [-0.39, 0.29) is 23.7 Å². The molecule has 0 aliphatic rings. The monoisotopic (exact) mass is 384 g/mol. The fourth-order valence-corrected chi connectivity index (χ4v) is 4.38. The molecule has 0 spiro atoms. The van der Waals surface area contributed by atoms with Crippen molar-refractivity contribution in [2.45, 2.75) is 107 Å². The lowest BCUT2D eigenvalue weighted by Gasteiger charge is -2.33. The molecule has 0 aliphatic heterocycles. The van der Waals surface area contributed by atoms with E-state index in [1.54, 1.807) is 0 Å². The second-order valence-corrected chi connectivity index (χ2v) is 11.3. The van der Waals surface area contributed by atoms with Gasteiger partial charge in [-0.3, -0.25) is 9.59 Å². The summed E-state index contributed by atoms with van der Waals surface area (Å²) >= 11 is 0. The Hall–Kier alpha value is -1.06. The number of aliphatic carboxylic acids is 2. The van der Waals surface area contributed by atoms with Gasteiger partial charge < -0.3 is 10.2 Å². The van der Waals surface area contributed by atoms with E-state index in [4.69, 9.17) is 5.11 Å². The van der Waals surface area contributed by atoms with Crippen molar-refractivity contribution >= 4 is 11.9 Å². The molecular weight excluding hydrogens is 340 g/mol. The van der Waals surface area contributed by atoms with Gasteiger partial charge in [-0.1, -0.05) is 55.4 Å². The van der Waals surface area contributed by atoms with Gasteiger partial charge in [0.1, 0.15) is 0 Å². The molecule has 0 aromatic heterocycles. The number of rotatable bonds is 12. The first-order valence-electron chi connectivity index (χ1n) is 10.5. The summed E-state index contributed by atoms with van der Waals surface area (Å²) < 4.78 is 0. The average molecular weight is 385 g/mol. The molecule has 0 bridgehead atoms. The van der Waals surface area contributed by atoms with Crippen LogP contribution in [0.25, 0.3) is 0 Å². The maximum absolute atomic E-state index is 12.2. The SMILES string of the molecule is CC(CCC(CCC(=O)O)(CCC(C)CC(C)(C)C)C(=O)O)CC(C)(C)C. The zero-order chi connectivity index (χ0) is 21.5. The summed E-state index contributed by atoms with van der Waals surface area (Å²) in [4.78, 5) is 23.4. The fraction of sp³-hybridized carbons (Fsp3) is 0.913. The van der Waals surface area contributed by atoms with E-state index in [1.165, 1.54) is 0 Å². The molecule has 4 nitrogen and oxygen atoms in total. The van der Waals surface area contributed by atoms with E-state index in [2.05, 4.69) is 55.4 Å². The van der Waals surface area contributed by atoms with Crippen LogP contribution in [0.3, 0.4) is 0 Å². The number of carbonyl (C=O) groups is 2. The summed E-state index contributed by atoms with van der Waals surface area (Å²) in [6.07, 6.45) is 5.03. The van der Waals surface area contributed by atoms with E-state index >= 15 is 0 Å². The van der Waals surface area contributed by atoms with Crippen molar-refractivity contribution in [1.29, 1.82) is 0 Å². The van der Waals surface area contributed by atoms with Crippen LogP contribution in [0, 0.1) is 28.1 Å². The Bertz CT molecular complexity index is 442. The first-order valence-corrected chi connectivity index (χ1v) is 10.5. The molecule has 2 N–H and O–H groups in total. The van der Waals surface area contributed by atoms with E-state index < -0.39 is 17.4 Å². The Kier molecular flexibility index (Phi) is 10.1. The molecule has 0 aromatic carbocycles. The highest BCUT2D eigenvalue weighted by atomic mass is 16.4. The Balaban J connectivity index is 5.16. The number of carboxylic acid groups (broad SMARTS) is 2. The summed E-state index contributed by atoms with van der Waals surface area (Å²) in [5.74, 6) is -0.873. The van der Waals surface area contributed by atoms with Crippen molar-refractivity contribution in [2.75, 3.05) is 0 Å². The second-order valence-electron chi connectivity index (χ2n) is 11.3. The molecule has 0 saturated carbocycles. The first kappa shape index (κ1) is 25.9. The van der Waals surface area contributed by atoms with Gasteiger partial charge in [0.25, 0.3) is 0 Å². The van der Waals surface area contributed by atoms with Gasteiger partial charge in [-0.15, -0.1) is 0 Å². The summed E-state index contributed by atoms with van der Waals surface area (Å²) in [6, 6.07) is 0. The summed E-state index contributed by atoms with van der Waals surface area (Å²) in [5, 5.41) is 19.2. The molecule has 0 aliphatic carbocycles. The number of carboxylic acids is 2. The number of hydrogen-bond acceptors (Lipinski definition) is 2. The molecule has 2 atom stereocenters. The largest absolute Gasteiger partial charge is 0.481 e. The van der Waals surface area contributed by atoms with Crippen molar-refractivity contribution in [1.82, 2.24) is 0 Å². The lowest BCUT2D eigenvalue weighted by Crippen LogP contribution is -2.33. The van der Waals surface area contributed by atoms with Gasteiger partial charge in [0.05, 0.1) is 5.41 Å². The molecule has 0 saturated heterocycles. The predicted octanol–water partition coefficient (Wildman–Crippen LogP) is 6.63. The third kappa shape index (κ3) is 12.1. The topological polar surface area (TPSA) is 74.6 Å². The molecule has 0 heterocycles. The van der Waals surface area contributed by atoms with Crippen molar-refractivity contribution in [3.63, 3.8) is 0 Å². The van der Waals surface area contributed by atoms with Crippen LogP contribution in [0.5, 0.6) is 0 Å². The van der Waals surface area contributed by atoms with Crippen LogP contribution >= 0.6 is 0 Å². The first-order chi connectivity index (χ1) is 12.1. The highest BCUT2D eigenvalue weighted by Gasteiger charge is 2.39. The lowest BCUT2D eigenvalue weighted by molar-refractivity contribution is -0.152. The van der Waals surface area contributed by atoms with Crippen molar-refractivity contribution in [3.05, 3.63) is 0 Å². The quantitative estimate of drug-likeness (QED) is 0.396. The van der Waals surface area contributed by atoms with Gasteiger partial charge >= 0.3 is 11.9 Å². The van der Waals surface area contributed by atoms with Crippen LogP contribution in [0.4, 0.5) is 0 Å². The minimum absolute atomic E-state index is 0.0758. The average Bonchev–Trinajstić information content (AvgIpc) is 2.42. The minimum Gasteiger partial charge on any atom is -0.481 e. The van der Waals surface area contributed by atoms with Gasteiger partial charge in [0, 0.05) is 6.42 Å². The van der Waals surface area contributed by atoms with Gasteiger partial charge in [-0.2, -0.15) is 0 Å². The predicted molar refractivity (Wildman–Crippen MR) is 112 cm³/mol. The van der Waals surface area contributed by atoms with E-state index in [9.17, 15) is 14.7 Å². The summed E-state index contributed by atoms with van der Waals surface area (Å²) in [5.41, 5.74) is -0.488. The Labute approximate surface area is 167 Å². The van der Waals surface area contributed by atoms with Crippen LogP contribution in [-0.2, 0) is 9.59 Å². The fourth-order valence-electron chi connectivity index (χ4n) is 4.38. The molecule has 4 heteroatoms. The normalized spacial score (nSPS) is 17.2. The molecule has 0 amide bonds. The minimum atomic E-state index is -0.920. The van der Waals surface area contributed by atoms with Gasteiger partial charge in [0.2, 0.25) is 0 Å². The van der Waals surface area contributed by atoms with Crippen molar-refractivity contribution < 1.29 is 19.8 Å². The Morgan fingerprint density at radius 1 is 0.741 bits per heavy atom. The molecule has 2 unspecified atom stereocenters. The molecule has 0 fully saturated rings. The van der Waals surface area contributed by atoms with Crippen LogP contribution in [0.15, 0.2) is 0 Å². The van der Waals surface area contributed by atoms with Crippen LogP contribution in [0.2, 0.25) is 0 Å². The van der Waals surface area contributed by atoms with E-state index in [0.717, 1.165) is 25.7 Å². The third-order valence-corrected chi connectivity index (χ3v) is 5.42. The molecule has 0 radical (unpaired) electrons. The standard InChI is InChI=1S/C23H44O4/c1-17(15-21(3,4)5)9-12-23(20(26)27,14-11-19(24)25)13-10-18(2)16-22(6,7)8/h17-18H,9-16H2,1-8H3,(H,24,25)(H,26,27). The lowest BCUT2D eigenvalue weighted by atomic mass is 9.71.